The number of aromatic nitrogens is 1. The van der Waals surface area contributed by atoms with Gasteiger partial charge < -0.3 is 4.74 Å². The zero-order valence-corrected chi connectivity index (χ0v) is 10.6. The second kappa shape index (κ2) is 5.58. The van der Waals surface area contributed by atoms with Crippen LogP contribution < -0.4 is 0 Å². The number of hydrogen-bond acceptors (Lipinski definition) is 4. The average Bonchev–Trinajstić information content (AvgIpc) is 2.28. The number of alkyl halides is 2. The summed E-state index contributed by atoms with van der Waals surface area (Å²) >= 11 is 11.1. The third kappa shape index (κ3) is 2.94. The van der Waals surface area contributed by atoms with Crippen molar-refractivity contribution in [3.63, 3.8) is 0 Å². The second-order valence-corrected chi connectivity index (χ2v) is 3.95. The number of carbonyl (C=O) groups is 2. The molecule has 0 atom stereocenters. The zero-order valence-electron chi connectivity index (χ0n) is 9.05. The van der Waals surface area contributed by atoms with Gasteiger partial charge in [-0.1, -0.05) is 23.2 Å². The van der Waals surface area contributed by atoms with Gasteiger partial charge in [-0.05, 0) is 13.0 Å². The van der Waals surface area contributed by atoms with Crippen LogP contribution in [-0.4, -0.2) is 29.3 Å². The maximum atomic E-state index is 13.4. The Morgan fingerprint density at radius 3 is 2.56 bits per heavy atom. The van der Waals surface area contributed by atoms with E-state index in [1.54, 1.807) is 0 Å². The Morgan fingerprint density at radius 1 is 1.44 bits per heavy atom. The number of esters is 1. The van der Waals surface area contributed by atoms with Gasteiger partial charge in [-0.15, -0.1) is 0 Å². The Kier molecular flexibility index (Phi) is 4.59. The van der Waals surface area contributed by atoms with E-state index in [1.165, 1.54) is 6.92 Å². The third-order valence-corrected chi connectivity index (χ3v) is 2.33. The molecule has 0 saturated heterocycles. The largest absolute Gasteiger partial charge is 0.461 e. The molecule has 0 N–H and O–H groups in total. The minimum Gasteiger partial charge on any atom is -0.461 e. The molecule has 0 aromatic carbocycles. The number of rotatable bonds is 4. The predicted octanol–water partition coefficient (Wildman–Crippen LogP) is 2.77. The fraction of sp³-hybridized carbons (Fsp3) is 0.300. The van der Waals surface area contributed by atoms with Crippen molar-refractivity contribution in [2.24, 2.45) is 0 Å². The third-order valence-electron chi connectivity index (χ3n) is 1.84. The van der Waals surface area contributed by atoms with Crippen molar-refractivity contribution in [2.45, 2.75) is 12.8 Å². The van der Waals surface area contributed by atoms with E-state index < -0.39 is 23.4 Å². The van der Waals surface area contributed by atoms with E-state index in [2.05, 4.69) is 9.72 Å². The number of hydrogen-bond donors (Lipinski definition) is 0. The summed E-state index contributed by atoms with van der Waals surface area (Å²) in [6.45, 7) is 1.06. The molecule has 0 saturated carbocycles. The Labute approximate surface area is 111 Å². The first-order chi connectivity index (χ1) is 8.30. The summed E-state index contributed by atoms with van der Waals surface area (Å²) in [5, 5.41) is -0.285. The highest BCUT2D eigenvalue weighted by atomic mass is 35.5. The molecule has 0 fully saturated rings. The van der Waals surface area contributed by atoms with Crippen LogP contribution in [0.4, 0.5) is 8.78 Å². The minimum atomic E-state index is -4.33. The summed E-state index contributed by atoms with van der Waals surface area (Å²) in [5.74, 6) is -8.11. The van der Waals surface area contributed by atoms with Gasteiger partial charge in [0.25, 0.3) is 5.78 Å². The molecule has 18 heavy (non-hydrogen) atoms. The molecule has 1 aromatic rings. The fourth-order valence-corrected chi connectivity index (χ4v) is 1.51. The molecule has 0 unspecified atom stereocenters. The van der Waals surface area contributed by atoms with Crippen molar-refractivity contribution in [1.82, 2.24) is 4.98 Å². The summed E-state index contributed by atoms with van der Waals surface area (Å²) in [7, 11) is 0. The van der Waals surface area contributed by atoms with Gasteiger partial charge in [0.15, 0.2) is 0 Å². The van der Waals surface area contributed by atoms with Crippen molar-refractivity contribution in [2.75, 3.05) is 6.61 Å². The smallest absolute Gasteiger partial charge is 0.405 e. The van der Waals surface area contributed by atoms with Crippen LogP contribution in [-0.2, 0) is 9.53 Å². The molecule has 0 aliphatic rings. The van der Waals surface area contributed by atoms with Gasteiger partial charge in [0.05, 0.1) is 16.7 Å². The van der Waals surface area contributed by atoms with Crippen molar-refractivity contribution in [1.29, 1.82) is 0 Å². The molecular weight excluding hydrogens is 291 g/mol. The maximum absolute atomic E-state index is 13.4. The maximum Gasteiger partial charge on any atom is 0.405 e. The Bertz CT molecular complexity index is 494. The lowest BCUT2D eigenvalue weighted by molar-refractivity contribution is -0.164. The molecule has 0 aliphatic carbocycles. The van der Waals surface area contributed by atoms with Crippen LogP contribution in [0.5, 0.6) is 0 Å². The first-order valence-corrected chi connectivity index (χ1v) is 5.47. The lowest BCUT2D eigenvalue weighted by atomic mass is 10.1. The zero-order chi connectivity index (χ0) is 13.9. The predicted molar refractivity (Wildman–Crippen MR) is 60.2 cm³/mol. The molecule has 0 amide bonds. The van der Waals surface area contributed by atoms with Gasteiger partial charge in [-0.3, -0.25) is 4.79 Å². The number of ketones is 1. The number of nitrogens with zero attached hydrogens (tertiary/aromatic N) is 1. The monoisotopic (exact) mass is 297 g/mol. The molecule has 1 aromatic heterocycles. The van der Waals surface area contributed by atoms with Crippen LogP contribution >= 0.6 is 23.2 Å². The van der Waals surface area contributed by atoms with Crippen molar-refractivity contribution in [3.8, 4) is 0 Å². The van der Waals surface area contributed by atoms with Crippen LogP contribution in [0.1, 0.15) is 17.4 Å². The summed E-state index contributed by atoms with van der Waals surface area (Å²) in [6.07, 6.45) is 0.974. The van der Waals surface area contributed by atoms with E-state index in [9.17, 15) is 18.4 Å². The second-order valence-electron chi connectivity index (χ2n) is 3.11. The Hall–Kier alpha value is -1.27. The van der Waals surface area contributed by atoms with E-state index >= 15 is 0 Å². The SMILES string of the molecule is CCOC(=O)C(F)(F)C(=O)c1ncc(Cl)cc1Cl. The summed E-state index contributed by atoms with van der Waals surface area (Å²) in [5.41, 5.74) is -0.737. The van der Waals surface area contributed by atoms with Gasteiger partial charge >= 0.3 is 11.9 Å². The van der Waals surface area contributed by atoms with Crippen LogP contribution in [0.2, 0.25) is 10.0 Å². The van der Waals surface area contributed by atoms with E-state index in [0.717, 1.165) is 12.3 Å². The van der Waals surface area contributed by atoms with E-state index in [-0.39, 0.29) is 16.7 Å². The van der Waals surface area contributed by atoms with Crippen molar-refractivity contribution in [3.05, 3.63) is 28.0 Å². The van der Waals surface area contributed by atoms with Gasteiger partial charge in [0, 0.05) is 6.20 Å². The van der Waals surface area contributed by atoms with Gasteiger partial charge in [0.1, 0.15) is 5.69 Å². The number of Topliss-reactive ketones (excluding diaryl/α,β-unsaturated/α-hetero) is 1. The van der Waals surface area contributed by atoms with Crippen molar-refractivity contribution >= 4 is 35.0 Å². The molecule has 0 aliphatic heterocycles. The van der Waals surface area contributed by atoms with Crippen LogP contribution in [0.15, 0.2) is 12.3 Å². The molecule has 0 radical (unpaired) electrons. The van der Waals surface area contributed by atoms with Crippen LogP contribution in [0.3, 0.4) is 0 Å². The molecule has 0 bridgehead atoms. The fourth-order valence-electron chi connectivity index (χ4n) is 1.04. The first-order valence-electron chi connectivity index (χ1n) is 4.71. The lowest BCUT2D eigenvalue weighted by Gasteiger charge is -2.13. The highest BCUT2D eigenvalue weighted by Crippen LogP contribution is 2.26. The van der Waals surface area contributed by atoms with Gasteiger partial charge in [0.2, 0.25) is 0 Å². The Morgan fingerprint density at radius 2 is 2.06 bits per heavy atom. The molecule has 98 valence electrons. The van der Waals surface area contributed by atoms with Gasteiger partial charge in [-0.2, -0.15) is 8.78 Å². The van der Waals surface area contributed by atoms with E-state index in [1.807, 2.05) is 0 Å². The summed E-state index contributed by atoms with van der Waals surface area (Å²) in [6, 6.07) is 1.07. The molecule has 1 rings (SSSR count). The minimum absolute atomic E-state index is 0.0796. The highest BCUT2D eigenvalue weighted by molar-refractivity contribution is 6.37. The van der Waals surface area contributed by atoms with Crippen LogP contribution in [0.25, 0.3) is 0 Å². The van der Waals surface area contributed by atoms with Gasteiger partial charge in [-0.25, -0.2) is 9.78 Å². The molecule has 0 spiro atoms. The lowest BCUT2D eigenvalue weighted by Crippen LogP contribution is -2.40. The first kappa shape index (κ1) is 14.8. The number of pyridine rings is 1. The standard InChI is InChI=1S/C10H7Cl2F2NO3/c1-2-18-9(17)10(13,14)8(16)7-6(12)3-5(11)4-15-7/h3-4H,2H2,1H3. The molecule has 4 nitrogen and oxygen atoms in total. The van der Waals surface area contributed by atoms with Crippen molar-refractivity contribution < 1.29 is 23.1 Å². The number of ether oxygens (including phenoxy) is 1. The normalized spacial score (nSPS) is 11.2. The van der Waals surface area contributed by atoms with Crippen LogP contribution in [0, 0.1) is 0 Å². The highest BCUT2D eigenvalue weighted by Gasteiger charge is 2.50. The number of halogens is 4. The topological polar surface area (TPSA) is 56.3 Å². The molecular formula is C10H7Cl2F2NO3. The Balaban J connectivity index is 3.09. The molecule has 1 heterocycles. The quantitative estimate of drug-likeness (QED) is 0.487. The summed E-state index contributed by atoms with van der Waals surface area (Å²) < 4.78 is 30.9. The molecule has 8 heteroatoms. The van der Waals surface area contributed by atoms with E-state index in [4.69, 9.17) is 23.2 Å². The average molecular weight is 298 g/mol. The van der Waals surface area contributed by atoms with E-state index in [0.29, 0.717) is 0 Å². The summed E-state index contributed by atoms with van der Waals surface area (Å²) in [4.78, 5) is 25.8. The number of carbonyl (C=O) groups excluding carboxylic acids is 2.